The summed E-state index contributed by atoms with van der Waals surface area (Å²) in [5.74, 6) is 1.88. The molecule has 0 bridgehead atoms. The lowest BCUT2D eigenvalue weighted by Gasteiger charge is -2.08. The first-order valence-electron chi connectivity index (χ1n) is 13.2. The molecule has 0 fully saturated rings. The number of H-pyrrole nitrogens is 2. The molecule has 10 nitrogen and oxygen atoms in total. The summed E-state index contributed by atoms with van der Waals surface area (Å²) >= 11 is 12.0. The van der Waals surface area contributed by atoms with Crippen molar-refractivity contribution >= 4 is 67.3 Å². The van der Waals surface area contributed by atoms with Crippen molar-refractivity contribution < 1.29 is 0 Å². The van der Waals surface area contributed by atoms with Gasteiger partial charge in [-0.25, -0.2) is 29.9 Å². The molecule has 0 atom stereocenters. The monoisotopic (exact) mass is 594 g/mol. The number of rotatable bonds is 4. The summed E-state index contributed by atoms with van der Waals surface area (Å²) in [7, 11) is 0. The van der Waals surface area contributed by atoms with Gasteiger partial charge >= 0.3 is 0 Å². The van der Waals surface area contributed by atoms with Crippen molar-refractivity contribution in [2.24, 2.45) is 0 Å². The molecule has 0 spiro atoms. The maximum absolute atomic E-state index is 6.01. The highest BCUT2D eigenvalue weighted by Crippen LogP contribution is 2.23. The molecule has 8 aromatic rings. The number of hydrogen-bond acceptors (Lipinski definition) is 6. The van der Waals surface area contributed by atoms with E-state index in [4.69, 9.17) is 23.2 Å². The van der Waals surface area contributed by atoms with E-state index in [0.717, 1.165) is 67.9 Å². The second-order valence-electron chi connectivity index (χ2n) is 9.95. The topological polar surface area (TPSA) is 119 Å². The second kappa shape index (κ2) is 10.6. The third kappa shape index (κ3) is 4.84. The smallest absolute Gasteiger partial charge is 0.131 e. The zero-order valence-electron chi connectivity index (χ0n) is 22.7. The van der Waals surface area contributed by atoms with Crippen LogP contribution >= 0.6 is 23.2 Å². The van der Waals surface area contributed by atoms with Crippen LogP contribution in [0.3, 0.4) is 0 Å². The highest BCUT2D eigenvalue weighted by molar-refractivity contribution is 6.30. The van der Waals surface area contributed by atoms with Crippen LogP contribution in [-0.2, 0) is 13.1 Å². The van der Waals surface area contributed by atoms with Crippen molar-refractivity contribution in [3.05, 3.63) is 107 Å². The zero-order valence-corrected chi connectivity index (χ0v) is 24.2. The number of aromatic amines is 2. The van der Waals surface area contributed by atoms with E-state index in [1.165, 1.54) is 5.56 Å². The van der Waals surface area contributed by atoms with Crippen molar-refractivity contribution in [1.82, 2.24) is 49.0 Å². The van der Waals surface area contributed by atoms with E-state index in [2.05, 4.69) is 67.2 Å². The summed E-state index contributed by atoms with van der Waals surface area (Å²) in [5.41, 5.74) is 10.1. The number of fused-ring (bicyclic) bond motifs is 4. The van der Waals surface area contributed by atoms with Crippen molar-refractivity contribution in [3.63, 3.8) is 0 Å². The molecular weight excluding hydrogens is 571 g/mol. The molecule has 0 saturated carbocycles. The highest BCUT2D eigenvalue weighted by atomic mass is 35.5. The number of nitrogens with zero attached hydrogens (tertiary/aromatic N) is 8. The Morgan fingerprint density at radius 2 is 1.31 bits per heavy atom. The SMILES string of the molecule is Cc1nc2cnc(Cl)cc2n1Cc1ccc2nc[nH]c2c1.Cc1nc2cnc(Cl)cc2n1Cc1cccc2[nH]cnc12. The van der Waals surface area contributed by atoms with Crippen LogP contribution in [0.25, 0.3) is 44.1 Å². The van der Waals surface area contributed by atoms with Crippen LogP contribution in [0.5, 0.6) is 0 Å². The third-order valence-electron chi connectivity index (χ3n) is 7.27. The van der Waals surface area contributed by atoms with E-state index in [9.17, 15) is 0 Å². The van der Waals surface area contributed by atoms with E-state index >= 15 is 0 Å². The summed E-state index contributed by atoms with van der Waals surface area (Å²) in [6.07, 6.45) is 6.83. The summed E-state index contributed by atoms with van der Waals surface area (Å²) in [5, 5.41) is 0.953. The summed E-state index contributed by atoms with van der Waals surface area (Å²) in [4.78, 5) is 32.1. The lowest BCUT2D eigenvalue weighted by Crippen LogP contribution is -2.02. The van der Waals surface area contributed by atoms with Gasteiger partial charge in [-0.15, -0.1) is 0 Å². The molecule has 6 aromatic heterocycles. The largest absolute Gasteiger partial charge is 0.345 e. The molecule has 6 heterocycles. The third-order valence-corrected chi connectivity index (χ3v) is 7.68. The maximum Gasteiger partial charge on any atom is 0.131 e. The minimum absolute atomic E-state index is 0.474. The first-order valence-corrected chi connectivity index (χ1v) is 14.0. The van der Waals surface area contributed by atoms with Gasteiger partial charge in [-0.05, 0) is 43.2 Å². The van der Waals surface area contributed by atoms with Gasteiger partial charge in [-0.2, -0.15) is 0 Å². The van der Waals surface area contributed by atoms with E-state index in [-0.39, 0.29) is 0 Å². The van der Waals surface area contributed by atoms with Crippen LogP contribution in [-0.4, -0.2) is 49.0 Å². The van der Waals surface area contributed by atoms with Crippen LogP contribution in [0.2, 0.25) is 10.3 Å². The minimum atomic E-state index is 0.474. The molecule has 2 aromatic carbocycles. The van der Waals surface area contributed by atoms with E-state index in [1.807, 2.05) is 44.2 Å². The fraction of sp³-hybridized carbons (Fsp3) is 0.133. The van der Waals surface area contributed by atoms with Gasteiger partial charge < -0.3 is 19.1 Å². The quantitative estimate of drug-likeness (QED) is 0.220. The maximum atomic E-state index is 6.01. The number of aromatic nitrogens is 10. The number of pyridine rings is 2. The molecule has 42 heavy (non-hydrogen) atoms. The lowest BCUT2D eigenvalue weighted by atomic mass is 10.2. The Morgan fingerprint density at radius 1 is 0.667 bits per heavy atom. The molecule has 12 heteroatoms. The minimum Gasteiger partial charge on any atom is -0.345 e. The van der Waals surface area contributed by atoms with Gasteiger partial charge in [0.15, 0.2) is 0 Å². The second-order valence-corrected chi connectivity index (χ2v) is 10.7. The highest BCUT2D eigenvalue weighted by Gasteiger charge is 2.12. The van der Waals surface area contributed by atoms with Crippen molar-refractivity contribution in [1.29, 1.82) is 0 Å². The summed E-state index contributed by atoms with van der Waals surface area (Å²) < 4.78 is 4.27. The number of halogens is 2. The average molecular weight is 595 g/mol. The van der Waals surface area contributed by atoms with Gasteiger partial charge in [-0.1, -0.05) is 41.4 Å². The molecule has 0 amide bonds. The first kappa shape index (κ1) is 26.1. The Morgan fingerprint density at radius 3 is 2.02 bits per heavy atom. The standard InChI is InChI=1S/2C15H12ClN5/c1-9-20-13-6-17-15(16)5-14(13)21(9)7-10-2-3-11-12(4-10)19-8-18-11;1-9-20-12-6-17-14(16)5-13(12)21(9)7-10-3-2-4-11-15(10)19-8-18-11/h2*2-6,8H,7H2,1H3,(H,18,19). The van der Waals surface area contributed by atoms with Crippen molar-refractivity contribution in [2.75, 3.05) is 0 Å². The zero-order chi connectivity index (χ0) is 28.8. The van der Waals surface area contributed by atoms with Gasteiger partial charge in [0, 0.05) is 18.7 Å². The van der Waals surface area contributed by atoms with E-state index < -0.39 is 0 Å². The van der Waals surface area contributed by atoms with Gasteiger partial charge in [0.25, 0.3) is 0 Å². The van der Waals surface area contributed by atoms with Crippen LogP contribution in [0.15, 0.2) is 73.6 Å². The molecule has 208 valence electrons. The Bertz CT molecular complexity index is 2220. The van der Waals surface area contributed by atoms with Gasteiger partial charge in [0.1, 0.15) is 33.0 Å². The van der Waals surface area contributed by atoms with Crippen LogP contribution in [0.1, 0.15) is 22.8 Å². The Kier molecular flexibility index (Phi) is 6.56. The molecule has 8 rings (SSSR count). The van der Waals surface area contributed by atoms with Crippen LogP contribution < -0.4 is 0 Å². The molecular formula is C30H24Cl2N10. The summed E-state index contributed by atoms with van der Waals surface area (Å²) in [6, 6.07) is 16.0. The number of hydrogen-bond donors (Lipinski definition) is 2. The Hall–Kier alpha value is -4.80. The Balaban J connectivity index is 0.000000137. The molecule has 0 radical (unpaired) electrons. The number of aryl methyl sites for hydroxylation is 2. The fourth-order valence-corrected chi connectivity index (χ4v) is 5.54. The normalized spacial score (nSPS) is 11.5. The van der Waals surface area contributed by atoms with Gasteiger partial charge in [-0.3, -0.25) is 0 Å². The van der Waals surface area contributed by atoms with E-state index in [0.29, 0.717) is 16.9 Å². The fourth-order valence-electron chi connectivity index (χ4n) is 5.24. The number of para-hydroxylation sites is 1. The van der Waals surface area contributed by atoms with Gasteiger partial charge in [0.2, 0.25) is 0 Å². The molecule has 0 aliphatic carbocycles. The molecule has 0 aliphatic heterocycles. The van der Waals surface area contributed by atoms with E-state index in [1.54, 1.807) is 25.0 Å². The molecule has 0 unspecified atom stereocenters. The molecule has 2 N–H and O–H groups in total. The van der Waals surface area contributed by atoms with Gasteiger partial charge in [0.05, 0.1) is 64.7 Å². The van der Waals surface area contributed by atoms with Crippen LogP contribution in [0, 0.1) is 13.8 Å². The predicted molar refractivity (Wildman–Crippen MR) is 165 cm³/mol. The lowest BCUT2D eigenvalue weighted by molar-refractivity contribution is 0.786. The summed E-state index contributed by atoms with van der Waals surface area (Å²) in [6.45, 7) is 5.41. The number of benzene rings is 2. The number of imidazole rings is 4. The molecule has 0 saturated heterocycles. The predicted octanol–water partition coefficient (Wildman–Crippen LogP) is 6.64. The van der Waals surface area contributed by atoms with Crippen molar-refractivity contribution in [2.45, 2.75) is 26.9 Å². The number of nitrogens with one attached hydrogen (secondary N) is 2. The average Bonchev–Trinajstić information content (AvgIpc) is 3.77. The van der Waals surface area contributed by atoms with Crippen molar-refractivity contribution in [3.8, 4) is 0 Å². The first-order chi connectivity index (χ1) is 20.4. The molecule has 0 aliphatic rings. The van der Waals surface area contributed by atoms with Crippen LogP contribution in [0.4, 0.5) is 0 Å². The Labute approximate surface area is 249 Å².